The fourth-order valence-electron chi connectivity index (χ4n) is 3.03. The summed E-state index contributed by atoms with van der Waals surface area (Å²) in [6.45, 7) is 4.15. The van der Waals surface area contributed by atoms with Gasteiger partial charge in [-0.2, -0.15) is 0 Å². The van der Waals surface area contributed by atoms with Crippen LogP contribution in [-0.2, 0) is 17.6 Å². The van der Waals surface area contributed by atoms with Gasteiger partial charge < -0.3 is 14.5 Å². The van der Waals surface area contributed by atoms with Crippen molar-refractivity contribution in [2.45, 2.75) is 19.3 Å². The molecule has 0 aliphatic heterocycles. The van der Waals surface area contributed by atoms with E-state index < -0.39 is 0 Å². The minimum absolute atomic E-state index is 0.0185. The molecule has 134 valence electrons. The van der Waals surface area contributed by atoms with E-state index in [-0.39, 0.29) is 5.91 Å². The van der Waals surface area contributed by atoms with Crippen molar-refractivity contribution >= 4 is 16.9 Å². The van der Waals surface area contributed by atoms with Crippen molar-refractivity contribution in [3.05, 3.63) is 78.1 Å². The average molecular weight is 349 g/mol. The maximum atomic E-state index is 11.7. The molecule has 0 bridgehead atoms. The molecule has 1 heterocycles. The van der Waals surface area contributed by atoms with Gasteiger partial charge in [0.2, 0.25) is 5.91 Å². The Morgan fingerprint density at radius 3 is 2.77 bits per heavy atom. The van der Waals surface area contributed by atoms with Crippen LogP contribution in [0.4, 0.5) is 0 Å². The van der Waals surface area contributed by atoms with Crippen molar-refractivity contribution in [1.82, 2.24) is 5.32 Å². The van der Waals surface area contributed by atoms with Crippen LogP contribution in [0.2, 0.25) is 0 Å². The van der Waals surface area contributed by atoms with Crippen molar-refractivity contribution in [3.63, 3.8) is 0 Å². The summed E-state index contributed by atoms with van der Waals surface area (Å²) in [5.41, 5.74) is 3.14. The fraction of sp³-hybridized carbons (Fsp3) is 0.227. The number of hydrogen-bond donors (Lipinski definition) is 1. The van der Waals surface area contributed by atoms with Crippen LogP contribution in [0.15, 0.2) is 65.6 Å². The van der Waals surface area contributed by atoms with Crippen molar-refractivity contribution in [3.8, 4) is 5.75 Å². The van der Waals surface area contributed by atoms with Crippen LogP contribution in [-0.4, -0.2) is 19.6 Å². The van der Waals surface area contributed by atoms with Crippen LogP contribution in [0.25, 0.3) is 11.0 Å². The first kappa shape index (κ1) is 17.8. The normalized spacial score (nSPS) is 10.7. The number of hydrogen-bond acceptors (Lipinski definition) is 3. The summed E-state index contributed by atoms with van der Waals surface area (Å²) >= 11 is 0. The summed E-state index contributed by atoms with van der Waals surface area (Å²) < 4.78 is 11.5. The predicted molar refractivity (Wildman–Crippen MR) is 104 cm³/mol. The molecule has 3 rings (SSSR count). The largest absolute Gasteiger partial charge is 0.497 e. The number of furan rings is 1. The third-order valence-electron chi connectivity index (χ3n) is 4.32. The Kier molecular flexibility index (Phi) is 5.74. The van der Waals surface area contributed by atoms with E-state index in [4.69, 9.17) is 9.15 Å². The van der Waals surface area contributed by atoms with E-state index in [1.54, 1.807) is 13.2 Å². The molecule has 0 atom stereocenters. The van der Waals surface area contributed by atoms with Gasteiger partial charge in [-0.1, -0.05) is 36.4 Å². The summed E-state index contributed by atoms with van der Waals surface area (Å²) in [6, 6.07) is 16.0. The van der Waals surface area contributed by atoms with Crippen LogP contribution in [0.3, 0.4) is 0 Å². The number of methoxy groups -OCH3 is 1. The van der Waals surface area contributed by atoms with Crippen LogP contribution in [0, 0.1) is 0 Å². The lowest BCUT2D eigenvalue weighted by molar-refractivity contribution is -0.120. The first-order chi connectivity index (χ1) is 12.7. The molecule has 0 radical (unpaired) electrons. The number of rotatable bonds is 8. The van der Waals surface area contributed by atoms with Gasteiger partial charge in [0.15, 0.2) is 0 Å². The quantitative estimate of drug-likeness (QED) is 0.618. The van der Waals surface area contributed by atoms with E-state index in [0.717, 1.165) is 28.0 Å². The molecule has 1 amide bonds. The minimum atomic E-state index is -0.0185. The molecule has 26 heavy (non-hydrogen) atoms. The van der Waals surface area contributed by atoms with Gasteiger partial charge in [0.05, 0.1) is 7.11 Å². The second kappa shape index (κ2) is 8.39. The molecular weight excluding hydrogens is 326 g/mol. The summed E-state index contributed by atoms with van der Waals surface area (Å²) in [7, 11) is 1.65. The van der Waals surface area contributed by atoms with Gasteiger partial charge in [-0.05, 0) is 30.2 Å². The highest BCUT2D eigenvalue weighted by molar-refractivity contribution is 5.84. The van der Waals surface area contributed by atoms with Crippen LogP contribution < -0.4 is 10.1 Å². The molecular formula is C22H23NO3. The number of ether oxygens (including phenoxy) is 1. The van der Waals surface area contributed by atoms with E-state index in [1.807, 2.05) is 36.4 Å². The van der Waals surface area contributed by atoms with Crippen molar-refractivity contribution < 1.29 is 13.9 Å². The molecule has 0 saturated carbocycles. The third kappa shape index (κ3) is 4.14. The molecule has 0 aliphatic carbocycles. The van der Waals surface area contributed by atoms with E-state index in [2.05, 4.69) is 24.0 Å². The van der Waals surface area contributed by atoms with Gasteiger partial charge in [-0.3, -0.25) is 4.79 Å². The van der Waals surface area contributed by atoms with Crippen molar-refractivity contribution in [2.24, 2.45) is 0 Å². The minimum Gasteiger partial charge on any atom is -0.497 e. The lowest BCUT2D eigenvalue weighted by Gasteiger charge is -2.06. The van der Waals surface area contributed by atoms with Gasteiger partial charge in [-0.25, -0.2) is 0 Å². The van der Waals surface area contributed by atoms with Crippen molar-refractivity contribution in [2.75, 3.05) is 13.7 Å². The highest BCUT2D eigenvalue weighted by Gasteiger charge is 2.15. The Balaban J connectivity index is 1.89. The van der Waals surface area contributed by atoms with Crippen LogP contribution in [0.1, 0.15) is 23.3 Å². The number of amides is 1. The molecule has 1 N–H and O–H groups in total. The summed E-state index contributed by atoms with van der Waals surface area (Å²) in [6.07, 6.45) is 3.35. The maximum Gasteiger partial charge on any atom is 0.223 e. The molecule has 4 heteroatoms. The van der Waals surface area contributed by atoms with Gasteiger partial charge in [0.1, 0.15) is 17.1 Å². The predicted octanol–water partition coefficient (Wildman–Crippen LogP) is 4.27. The molecule has 0 fully saturated rings. The first-order valence-electron chi connectivity index (χ1n) is 8.71. The van der Waals surface area contributed by atoms with Gasteiger partial charge >= 0.3 is 0 Å². The lowest BCUT2D eigenvalue weighted by Crippen LogP contribution is -2.24. The number of carbonyl (C=O) groups is 1. The topological polar surface area (TPSA) is 51.5 Å². The smallest absolute Gasteiger partial charge is 0.223 e. The monoisotopic (exact) mass is 349 g/mol. The maximum absolute atomic E-state index is 11.7. The van der Waals surface area contributed by atoms with Crippen LogP contribution in [0.5, 0.6) is 5.75 Å². The zero-order chi connectivity index (χ0) is 18.4. The third-order valence-corrected chi connectivity index (χ3v) is 4.32. The van der Waals surface area contributed by atoms with E-state index in [0.29, 0.717) is 25.8 Å². The molecule has 0 saturated heterocycles. The summed E-state index contributed by atoms with van der Waals surface area (Å²) in [4.78, 5) is 11.7. The molecule has 2 aromatic carbocycles. The fourth-order valence-corrected chi connectivity index (χ4v) is 3.03. The number of benzene rings is 2. The number of carbonyl (C=O) groups excluding carboxylic acids is 1. The zero-order valence-electron chi connectivity index (χ0n) is 15.0. The standard InChI is InChI=1S/C22H23NO3/c1-3-7-22(24)23-13-12-18-19-15-17(25-2)10-11-20(19)26-21(18)14-16-8-5-4-6-9-16/h3-6,8-11,15H,1,7,12-14H2,2H3,(H,23,24). The Morgan fingerprint density at radius 2 is 2.04 bits per heavy atom. The van der Waals surface area contributed by atoms with Gasteiger partial charge in [0.25, 0.3) is 0 Å². The lowest BCUT2D eigenvalue weighted by atomic mass is 10.0. The summed E-state index contributed by atoms with van der Waals surface area (Å²) in [5, 5.41) is 3.96. The average Bonchev–Trinajstić information content (AvgIpc) is 2.99. The van der Waals surface area contributed by atoms with Crippen LogP contribution >= 0.6 is 0 Å². The first-order valence-corrected chi connectivity index (χ1v) is 8.71. The van der Waals surface area contributed by atoms with Gasteiger partial charge in [0, 0.05) is 30.3 Å². The Hall–Kier alpha value is -3.01. The number of nitrogens with one attached hydrogen (secondary N) is 1. The van der Waals surface area contributed by atoms with Gasteiger partial charge in [-0.15, -0.1) is 6.58 Å². The second-order valence-electron chi connectivity index (χ2n) is 6.12. The molecule has 0 aliphatic rings. The molecule has 3 aromatic rings. The Labute approximate surface area is 153 Å². The Bertz CT molecular complexity index is 896. The molecule has 0 spiro atoms. The summed E-state index contributed by atoms with van der Waals surface area (Å²) in [5.74, 6) is 1.70. The van der Waals surface area contributed by atoms with E-state index in [1.165, 1.54) is 5.56 Å². The zero-order valence-corrected chi connectivity index (χ0v) is 15.0. The SMILES string of the molecule is C=CCC(=O)NCCc1c(Cc2ccccc2)oc2ccc(OC)cc12. The molecule has 1 aromatic heterocycles. The van der Waals surface area contributed by atoms with Crippen molar-refractivity contribution in [1.29, 1.82) is 0 Å². The molecule has 4 nitrogen and oxygen atoms in total. The molecule has 0 unspecified atom stereocenters. The second-order valence-corrected chi connectivity index (χ2v) is 6.12. The number of fused-ring (bicyclic) bond motifs is 1. The van der Waals surface area contributed by atoms with E-state index in [9.17, 15) is 4.79 Å². The Morgan fingerprint density at radius 1 is 1.23 bits per heavy atom. The van der Waals surface area contributed by atoms with E-state index >= 15 is 0 Å². The highest BCUT2D eigenvalue weighted by atomic mass is 16.5. The highest BCUT2D eigenvalue weighted by Crippen LogP contribution is 2.31.